The van der Waals surface area contributed by atoms with Crippen molar-refractivity contribution in [1.29, 1.82) is 0 Å². The molecule has 214 valence electrons. The van der Waals surface area contributed by atoms with E-state index in [0.29, 0.717) is 11.6 Å². The molecule has 1 fully saturated rings. The summed E-state index contributed by atoms with van der Waals surface area (Å²) in [5.74, 6) is 2.54. The van der Waals surface area contributed by atoms with E-state index in [9.17, 15) is 0 Å². The predicted molar refractivity (Wildman–Crippen MR) is 166 cm³/mol. The zero-order chi connectivity index (χ0) is 29.1. The van der Waals surface area contributed by atoms with Crippen LogP contribution in [0.2, 0.25) is 0 Å². The van der Waals surface area contributed by atoms with E-state index in [0.717, 1.165) is 64.3 Å². The van der Waals surface area contributed by atoms with Crippen LogP contribution in [-0.2, 0) is 4.74 Å². The third-order valence-electron chi connectivity index (χ3n) is 7.45. The first-order valence-electron chi connectivity index (χ1n) is 14.2. The van der Waals surface area contributed by atoms with Gasteiger partial charge >= 0.3 is 0 Å². The smallest absolute Gasteiger partial charge is 0.222 e. The van der Waals surface area contributed by atoms with E-state index < -0.39 is 0 Å². The summed E-state index contributed by atoms with van der Waals surface area (Å²) in [6, 6.07) is 12.2. The Morgan fingerprint density at radius 2 is 1.88 bits per heavy atom. The number of nitrogens with one attached hydrogen (secondary N) is 1. The quantitative estimate of drug-likeness (QED) is 0.272. The topological polar surface area (TPSA) is 111 Å². The van der Waals surface area contributed by atoms with E-state index in [1.807, 2.05) is 31.2 Å². The number of para-hydroxylation sites is 1. The summed E-state index contributed by atoms with van der Waals surface area (Å²) in [6.07, 6.45) is 6.64. The SMILES string of the molecule is CCC(Nc1nc(N)nc(C)c1/C=C/c1ncccc1OC)c1cc2cccc(C)c2nc1N1C[C@@H](C)O[C@@H](C)C1. The van der Waals surface area contributed by atoms with Gasteiger partial charge in [-0.25, -0.2) is 9.97 Å². The molecule has 4 heterocycles. The Kier molecular flexibility index (Phi) is 8.35. The molecule has 9 nitrogen and oxygen atoms in total. The van der Waals surface area contributed by atoms with Crippen molar-refractivity contribution in [2.45, 2.75) is 59.3 Å². The van der Waals surface area contributed by atoms with Gasteiger partial charge in [-0.3, -0.25) is 4.98 Å². The molecule has 0 bridgehead atoms. The van der Waals surface area contributed by atoms with E-state index in [4.69, 9.17) is 20.2 Å². The molecule has 1 aromatic carbocycles. The Balaban J connectivity index is 1.59. The molecule has 0 aliphatic carbocycles. The third kappa shape index (κ3) is 6.10. The van der Waals surface area contributed by atoms with Gasteiger partial charge < -0.3 is 25.4 Å². The van der Waals surface area contributed by atoms with Gasteiger partial charge in [0.05, 0.1) is 36.6 Å². The summed E-state index contributed by atoms with van der Waals surface area (Å²) in [6.45, 7) is 12.0. The number of methoxy groups -OCH3 is 1. The van der Waals surface area contributed by atoms with Crippen molar-refractivity contribution in [1.82, 2.24) is 19.9 Å². The number of pyridine rings is 2. The minimum atomic E-state index is -0.0823. The number of morpholine rings is 1. The van der Waals surface area contributed by atoms with Crippen LogP contribution in [0.25, 0.3) is 23.1 Å². The Hall–Kier alpha value is -4.24. The second-order valence-electron chi connectivity index (χ2n) is 10.7. The van der Waals surface area contributed by atoms with Crippen molar-refractivity contribution >= 4 is 40.6 Å². The Morgan fingerprint density at radius 1 is 1.10 bits per heavy atom. The molecule has 0 saturated carbocycles. The molecule has 9 heteroatoms. The van der Waals surface area contributed by atoms with Gasteiger partial charge in [0.2, 0.25) is 5.95 Å². The van der Waals surface area contributed by atoms with Crippen LogP contribution in [0.3, 0.4) is 0 Å². The van der Waals surface area contributed by atoms with Crippen LogP contribution >= 0.6 is 0 Å². The van der Waals surface area contributed by atoms with E-state index in [-0.39, 0.29) is 24.2 Å². The number of ether oxygens (including phenoxy) is 2. The van der Waals surface area contributed by atoms with E-state index in [1.165, 1.54) is 0 Å². The lowest BCUT2D eigenvalue weighted by Crippen LogP contribution is -2.46. The lowest BCUT2D eigenvalue weighted by molar-refractivity contribution is -0.00550. The molecule has 3 N–H and O–H groups in total. The average Bonchev–Trinajstić information content (AvgIpc) is 2.94. The number of rotatable bonds is 8. The number of benzene rings is 1. The standard InChI is InChI=1S/C32H39N7O2/c1-7-26(36-30-24(22(5)35-32(33)38-30)13-14-27-28(40-6)12-9-15-34-27)25-16-23-11-8-10-19(2)29(23)37-31(25)39-17-20(3)41-21(4)18-39/h8-16,20-21,26H,7,17-18H2,1-6H3,(H3,33,35,36,38)/b14-13+/t20-,21+,26?. The fourth-order valence-corrected chi connectivity index (χ4v) is 5.55. The lowest BCUT2D eigenvalue weighted by Gasteiger charge is -2.38. The van der Waals surface area contributed by atoms with Crippen molar-refractivity contribution < 1.29 is 9.47 Å². The number of nitrogens with zero attached hydrogens (tertiary/aromatic N) is 5. The molecule has 1 aliphatic heterocycles. The molecular weight excluding hydrogens is 514 g/mol. The third-order valence-corrected chi connectivity index (χ3v) is 7.45. The monoisotopic (exact) mass is 553 g/mol. The molecule has 1 unspecified atom stereocenters. The van der Waals surface area contributed by atoms with Crippen LogP contribution in [0.1, 0.15) is 61.3 Å². The highest BCUT2D eigenvalue weighted by molar-refractivity contribution is 5.85. The fraction of sp³-hybridized carbons (Fsp3) is 0.375. The van der Waals surface area contributed by atoms with Crippen molar-refractivity contribution in [2.24, 2.45) is 0 Å². The highest BCUT2D eigenvalue weighted by atomic mass is 16.5. The van der Waals surface area contributed by atoms with Gasteiger partial charge in [0.1, 0.15) is 23.1 Å². The summed E-state index contributed by atoms with van der Waals surface area (Å²) >= 11 is 0. The van der Waals surface area contributed by atoms with Gasteiger partial charge in [-0.2, -0.15) is 4.98 Å². The summed E-state index contributed by atoms with van der Waals surface area (Å²) in [5.41, 5.74) is 11.8. The minimum absolute atomic E-state index is 0.0823. The lowest BCUT2D eigenvalue weighted by atomic mass is 9.99. The van der Waals surface area contributed by atoms with Crippen LogP contribution in [0.5, 0.6) is 5.75 Å². The minimum Gasteiger partial charge on any atom is -0.494 e. The molecule has 1 aliphatic rings. The number of nitrogens with two attached hydrogens (primary N) is 1. The summed E-state index contributed by atoms with van der Waals surface area (Å²) < 4.78 is 11.5. The van der Waals surface area contributed by atoms with Crippen LogP contribution in [0.4, 0.5) is 17.6 Å². The molecule has 3 aromatic heterocycles. The number of aryl methyl sites for hydroxylation is 2. The van der Waals surface area contributed by atoms with Crippen molar-refractivity contribution in [3.8, 4) is 5.75 Å². The molecule has 1 saturated heterocycles. The largest absolute Gasteiger partial charge is 0.494 e. The maximum atomic E-state index is 6.15. The number of fused-ring (bicyclic) bond motifs is 1. The number of anilines is 3. The number of hydrogen-bond donors (Lipinski definition) is 2. The highest BCUT2D eigenvalue weighted by Crippen LogP contribution is 2.35. The van der Waals surface area contributed by atoms with E-state index >= 15 is 0 Å². The molecule has 0 spiro atoms. The molecule has 0 radical (unpaired) electrons. The first kappa shape index (κ1) is 28.3. The molecule has 5 rings (SSSR count). The maximum absolute atomic E-state index is 6.15. The summed E-state index contributed by atoms with van der Waals surface area (Å²) in [5, 5.41) is 4.82. The van der Waals surface area contributed by atoms with Gasteiger partial charge in [0.15, 0.2) is 0 Å². The van der Waals surface area contributed by atoms with Crippen LogP contribution in [-0.4, -0.2) is 52.3 Å². The second kappa shape index (κ2) is 12.1. The van der Waals surface area contributed by atoms with Gasteiger partial charge in [0, 0.05) is 35.8 Å². The van der Waals surface area contributed by atoms with Crippen molar-refractivity contribution in [3.63, 3.8) is 0 Å². The second-order valence-corrected chi connectivity index (χ2v) is 10.7. The maximum Gasteiger partial charge on any atom is 0.222 e. The van der Waals surface area contributed by atoms with Gasteiger partial charge in [0.25, 0.3) is 0 Å². The van der Waals surface area contributed by atoms with Gasteiger partial charge in [-0.15, -0.1) is 0 Å². The van der Waals surface area contributed by atoms with Crippen molar-refractivity contribution in [3.05, 3.63) is 70.7 Å². The van der Waals surface area contributed by atoms with Crippen LogP contribution in [0.15, 0.2) is 42.6 Å². The predicted octanol–water partition coefficient (Wildman–Crippen LogP) is 5.97. The normalized spacial score (nSPS) is 18.1. The number of hydrogen-bond acceptors (Lipinski definition) is 9. The molecule has 41 heavy (non-hydrogen) atoms. The number of nitrogen functional groups attached to an aromatic ring is 1. The Bertz CT molecular complexity index is 1560. The Morgan fingerprint density at radius 3 is 2.61 bits per heavy atom. The first-order chi connectivity index (χ1) is 19.8. The van der Waals surface area contributed by atoms with E-state index in [1.54, 1.807) is 13.3 Å². The summed E-state index contributed by atoms with van der Waals surface area (Å²) in [7, 11) is 1.64. The fourth-order valence-electron chi connectivity index (χ4n) is 5.55. The van der Waals surface area contributed by atoms with Gasteiger partial charge in [-0.05, 0) is 70.0 Å². The average molecular weight is 554 g/mol. The number of aromatic nitrogens is 4. The van der Waals surface area contributed by atoms with Crippen LogP contribution in [0, 0.1) is 13.8 Å². The summed E-state index contributed by atoms with van der Waals surface area (Å²) in [4.78, 5) is 21.2. The highest BCUT2D eigenvalue weighted by Gasteiger charge is 2.28. The van der Waals surface area contributed by atoms with Crippen LogP contribution < -0.4 is 20.7 Å². The van der Waals surface area contributed by atoms with Gasteiger partial charge in [-0.1, -0.05) is 25.1 Å². The molecule has 3 atom stereocenters. The Labute approximate surface area is 241 Å². The zero-order valence-electron chi connectivity index (χ0n) is 24.7. The molecule has 0 amide bonds. The van der Waals surface area contributed by atoms with Crippen molar-refractivity contribution in [2.75, 3.05) is 36.1 Å². The molecule has 4 aromatic rings. The first-order valence-corrected chi connectivity index (χ1v) is 14.2. The molecular formula is C32H39N7O2. The zero-order valence-corrected chi connectivity index (χ0v) is 24.7. The van der Waals surface area contributed by atoms with E-state index in [2.05, 4.69) is 77.1 Å².